The Labute approximate surface area is 185 Å². The van der Waals surface area contributed by atoms with E-state index in [0.717, 1.165) is 24.2 Å². The van der Waals surface area contributed by atoms with Gasteiger partial charge in [0.15, 0.2) is 11.0 Å². The summed E-state index contributed by atoms with van der Waals surface area (Å²) in [5, 5.41) is 13.1. The highest BCUT2D eigenvalue weighted by Crippen LogP contribution is 2.29. The lowest BCUT2D eigenvalue weighted by Gasteiger charge is -2.24. The quantitative estimate of drug-likeness (QED) is 0.509. The molecule has 6 nitrogen and oxygen atoms in total. The molecular weight excluding hydrogens is 420 g/mol. The molecule has 2 aromatic heterocycles. The van der Waals surface area contributed by atoms with Gasteiger partial charge in [-0.1, -0.05) is 42.6 Å². The van der Waals surface area contributed by atoms with E-state index in [1.54, 1.807) is 6.26 Å². The van der Waals surface area contributed by atoms with Crippen LogP contribution in [0.15, 0.2) is 52.2 Å². The van der Waals surface area contributed by atoms with E-state index in [0.29, 0.717) is 28.6 Å². The van der Waals surface area contributed by atoms with Crippen molar-refractivity contribution in [2.24, 2.45) is 0 Å². The molecule has 2 heterocycles. The molecule has 1 aliphatic rings. The molecule has 4 rings (SSSR count). The van der Waals surface area contributed by atoms with Crippen LogP contribution in [-0.4, -0.2) is 32.0 Å². The maximum Gasteiger partial charge on any atom is 0.233 e. The normalized spacial score (nSPS) is 15.8. The van der Waals surface area contributed by atoms with Gasteiger partial charge in [0.05, 0.1) is 18.1 Å². The zero-order valence-corrected chi connectivity index (χ0v) is 18.5. The smallest absolute Gasteiger partial charge is 0.233 e. The van der Waals surface area contributed by atoms with Crippen LogP contribution >= 0.6 is 23.4 Å². The average Bonchev–Trinajstić information content (AvgIpc) is 3.40. The number of aromatic nitrogens is 3. The number of nitrogens with zero attached hydrogens (tertiary/aromatic N) is 3. The highest BCUT2D eigenvalue weighted by atomic mass is 35.5. The largest absolute Gasteiger partial charge is 0.467 e. The number of nitrogens with one attached hydrogen (secondary N) is 1. The minimum atomic E-state index is -0.274. The molecule has 1 unspecified atom stereocenters. The summed E-state index contributed by atoms with van der Waals surface area (Å²) in [4.78, 5) is 12.7. The number of hydrogen-bond donors (Lipinski definition) is 1. The fourth-order valence-electron chi connectivity index (χ4n) is 3.67. The Morgan fingerprint density at radius 3 is 2.70 bits per heavy atom. The monoisotopic (exact) mass is 444 g/mol. The third-order valence-electron chi connectivity index (χ3n) is 5.32. The van der Waals surface area contributed by atoms with Gasteiger partial charge in [-0.15, -0.1) is 10.2 Å². The van der Waals surface area contributed by atoms with E-state index in [2.05, 4.69) is 15.5 Å². The molecule has 8 heteroatoms. The molecular formula is C22H25ClN4O2S. The topological polar surface area (TPSA) is 73.0 Å². The molecule has 1 atom stereocenters. The number of benzene rings is 1. The summed E-state index contributed by atoms with van der Waals surface area (Å²) in [6.45, 7) is 2.40. The minimum Gasteiger partial charge on any atom is -0.467 e. The Kier molecular flexibility index (Phi) is 6.79. The van der Waals surface area contributed by atoms with Crippen LogP contribution in [0.5, 0.6) is 0 Å². The van der Waals surface area contributed by atoms with Gasteiger partial charge in [-0.05, 0) is 56.2 Å². The van der Waals surface area contributed by atoms with Crippen LogP contribution in [0.25, 0.3) is 11.4 Å². The van der Waals surface area contributed by atoms with Gasteiger partial charge in [0.1, 0.15) is 5.76 Å². The first-order valence-electron chi connectivity index (χ1n) is 10.3. The maximum absolute atomic E-state index is 12.7. The lowest BCUT2D eigenvalue weighted by Crippen LogP contribution is -2.40. The first kappa shape index (κ1) is 21.0. The summed E-state index contributed by atoms with van der Waals surface area (Å²) >= 11 is 7.45. The number of rotatable bonds is 7. The van der Waals surface area contributed by atoms with Crippen molar-refractivity contribution in [2.45, 2.75) is 62.0 Å². The molecule has 1 N–H and O–H groups in total. The van der Waals surface area contributed by atoms with Crippen LogP contribution in [0.1, 0.15) is 44.8 Å². The van der Waals surface area contributed by atoms with Gasteiger partial charge in [0, 0.05) is 16.6 Å². The summed E-state index contributed by atoms with van der Waals surface area (Å²) in [5.41, 5.74) is 0.907. The standard InChI is InChI=1S/C22H25ClN4O2S/c1-15(21(28)24-18-6-3-2-4-7-18)30-22-26-25-20(16-9-11-17(23)12-10-16)27(22)14-19-8-5-13-29-19/h5,8-13,15,18H,2-4,6-7,14H2,1H3,(H,24,28). The number of thioether (sulfide) groups is 1. The zero-order chi connectivity index (χ0) is 20.9. The fraction of sp³-hybridized carbons (Fsp3) is 0.409. The van der Waals surface area contributed by atoms with Gasteiger partial charge in [-0.25, -0.2) is 0 Å². The van der Waals surface area contributed by atoms with Crippen molar-refractivity contribution in [1.82, 2.24) is 20.1 Å². The van der Waals surface area contributed by atoms with Crippen molar-refractivity contribution >= 4 is 29.3 Å². The third kappa shape index (κ3) is 5.08. The van der Waals surface area contributed by atoms with Crippen LogP contribution < -0.4 is 5.32 Å². The Morgan fingerprint density at radius 1 is 1.23 bits per heavy atom. The number of halogens is 1. The van der Waals surface area contributed by atoms with E-state index in [1.165, 1.54) is 31.0 Å². The van der Waals surface area contributed by atoms with E-state index < -0.39 is 0 Å². The van der Waals surface area contributed by atoms with Crippen molar-refractivity contribution in [1.29, 1.82) is 0 Å². The molecule has 0 radical (unpaired) electrons. The lowest BCUT2D eigenvalue weighted by molar-refractivity contribution is -0.121. The van der Waals surface area contributed by atoms with Crippen LogP contribution in [0.2, 0.25) is 5.02 Å². The number of carbonyl (C=O) groups is 1. The van der Waals surface area contributed by atoms with Gasteiger partial charge in [-0.3, -0.25) is 9.36 Å². The highest BCUT2D eigenvalue weighted by molar-refractivity contribution is 8.00. The lowest BCUT2D eigenvalue weighted by atomic mass is 9.95. The predicted octanol–water partition coefficient (Wildman–Crippen LogP) is 5.17. The summed E-state index contributed by atoms with van der Waals surface area (Å²) < 4.78 is 7.52. The molecule has 1 fully saturated rings. The predicted molar refractivity (Wildman–Crippen MR) is 119 cm³/mol. The molecule has 3 aromatic rings. The molecule has 0 bridgehead atoms. The summed E-state index contributed by atoms with van der Waals surface area (Å²) in [7, 11) is 0. The van der Waals surface area contributed by atoms with Crippen LogP contribution in [0, 0.1) is 0 Å². The third-order valence-corrected chi connectivity index (χ3v) is 6.65. The molecule has 1 aromatic carbocycles. The number of furan rings is 1. The van der Waals surface area contributed by atoms with Crippen molar-refractivity contribution in [3.63, 3.8) is 0 Å². The number of carbonyl (C=O) groups excluding carboxylic acids is 1. The van der Waals surface area contributed by atoms with Gasteiger partial charge < -0.3 is 9.73 Å². The number of amides is 1. The van der Waals surface area contributed by atoms with Gasteiger partial charge in [-0.2, -0.15) is 0 Å². The van der Waals surface area contributed by atoms with E-state index >= 15 is 0 Å². The Hall–Kier alpha value is -2.25. The fourth-order valence-corrected chi connectivity index (χ4v) is 4.65. The van der Waals surface area contributed by atoms with E-state index in [4.69, 9.17) is 16.0 Å². The van der Waals surface area contributed by atoms with Crippen LogP contribution in [-0.2, 0) is 11.3 Å². The van der Waals surface area contributed by atoms with Gasteiger partial charge >= 0.3 is 0 Å². The first-order valence-corrected chi connectivity index (χ1v) is 11.5. The summed E-state index contributed by atoms with van der Waals surface area (Å²) in [6, 6.07) is 11.6. The molecule has 0 spiro atoms. The average molecular weight is 445 g/mol. The summed E-state index contributed by atoms with van der Waals surface area (Å²) in [5.74, 6) is 1.56. The second-order valence-electron chi connectivity index (χ2n) is 7.58. The van der Waals surface area contributed by atoms with Gasteiger partial charge in [0.25, 0.3) is 0 Å². The van der Waals surface area contributed by atoms with Crippen molar-refractivity contribution in [3.05, 3.63) is 53.4 Å². The van der Waals surface area contributed by atoms with Crippen molar-refractivity contribution in [3.8, 4) is 11.4 Å². The van der Waals surface area contributed by atoms with E-state index in [9.17, 15) is 4.79 Å². The van der Waals surface area contributed by atoms with E-state index in [1.807, 2.05) is 47.9 Å². The van der Waals surface area contributed by atoms with Crippen LogP contribution in [0.4, 0.5) is 0 Å². The van der Waals surface area contributed by atoms with Crippen molar-refractivity contribution in [2.75, 3.05) is 0 Å². The molecule has 1 aliphatic carbocycles. The van der Waals surface area contributed by atoms with E-state index in [-0.39, 0.29) is 11.2 Å². The molecule has 0 saturated heterocycles. The molecule has 158 valence electrons. The first-order chi connectivity index (χ1) is 14.6. The maximum atomic E-state index is 12.7. The Morgan fingerprint density at radius 2 is 2.00 bits per heavy atom. The highest BCUT2D eigenvalue weighted by Gasteiger charge is 2.24. The Balaban J connectivity index is 1.54. The zero-order valence-electron chi connectivity index (χ0n) is 16.9. The molecule has 0 aliphatic heterocycles. The second-order valence-corrected chi connectivity index (χ2v) is 9.33. The molecule has 1 amide bonds. The second kappa shape index (κ2) is 9.71. The SMILES string of the molecule is CC(Sc1nnc(-c2ccc(Cl)cc2)n1Cc1ccco1)C(=O)NC1CCCCC1. The van der Waals surface area contributed by atoms with Gasteiger partial charge in [0.2, 0.25) is 5.91 Å². The Bertz CT molecular complexity index is 966. The molecule has 30 heavy (non-hydrogen) atoms. The summed E-state index contributed by atoms with van der Waals surface area (Å²) in [6.07, 6.45) is 7.43. The number of hydrogen-bond acceptors (Lipinski definition) is 5. The minimum absolute atomic E-state index is 0.0486. The van der Waals surface area contributed by atoms with Crippen molar-refractivity contribution < 1.29 is 9.21 Å². The van der Waals surface area contributed by atoms with Crippen LogP contribution in [0.3, 0.4) is 0 Å². The molecule has 1 saturated carbocycles.